The molecule has 0 fully saturated rings. The van der Waals surface area contributed by atoms with E-state index in [1.807, 2.05) is 0 Å². The van der Waals surface area contributed by atoms with Crippen LogP contribution in [-0.4, -0.2) is 18.8 Å². The van der Waals surface area contributed by atoms with E-state index < -0.39 is 18.8 Å². The second-order valence-electron chi connectivity index (χ2n) is 4.78. The molecule has 0 spiro atoms. The first kappa shape index (κ1) is 16.3. The third-order valence-corrected chi connectivity index (χ3v) is 16.0. The van der Waals surface area contributed by atoms with Gasteiger partial charge in [-0.3, -0.25) is 0 Å². The van der Waals surface area contributed by atoms with Gasteiger partial charge in [0.15, 0.2) is 0 Å². The van der Waals surface area contributed by atoms with Crippen molar-refractivity contribution in [3.63, 3.8) is 0 Å². The summed E-state index contributed by atoms with van der Waals surface area (Å²) in [5.74, 6) is 0. The normalized spacial score (nSPS) is 11.4. The van der Waals surface area contributed by atoms with Gasteiger partial charge in [-0.1, -0.05) is 0 Å². The van der Waals surface area contributed by atoms with E-state index in [1.54, 1.807) is 6.26 Å². The van der Waals surface area contributed by atoms with Gasteiger partial charge in [-0.25, -0.2) is 0 Å². The topological polar surface area (TPSA) is 9.23 Å². The molecule has 16 heavy (non-hydrogen) atoms. The first-order valence-electron chi connectivity index (χ1n) is 7.03. The fourth-order valence-corrected chi connectivity index (χ4v) is 14.9. The van der Waals surface area contributed by atoms with Crippen LogP contribution in [0.5, 0.6) is 0 Å². The van der Waals surface area contributed by atoms with Gasteiger partial charge in [0.25, 0.3) is 0 Å². The summed E-state index contributed by atoms with van der Waals surface area (Å²) in [6.07, 6.45) is 9.73. The summed E-state index contributed by atoms with van der Waals surface area (Å²) in [6, 6.07) is 0. The van der Waals surface area contributed by atoms with Crippen LogP contribution in [0.2, 0.25) is 13.3 Å². The predicted molar refractivity (Wildman–Crippen MR) is 76.2 cm³/mol. The van der Waals surface area contributed by atoms with E-state index in [0.717, 1.165) is 0 Å². The van der Waals surface area contributed by atoms with Crippen LogP contribution in [0.3, 0.4) is 0 Å². The van der Waals surface area contributed by atoms with Crippen LogP contribution in [-0.2, 0) is 3.07 Å². The Labute approximate surface area is 107 Å². The fourth-order valence-electron chi connectivity index (χ4n) is 2.23. The summed E-state index contributed by atoms with van der Waals surface area (Å²) in [7, 11) is 0. The van der Waals surface area contributed by atoms with Crippen LogP contribution < -0.4 is 0 Å². The summed E-state index contributed by atoms with van der Waals surface area (Å²) in [5.41, 5.74) is 0. The number of rotatable bonds is 11. The predicted octanol–water partition coefficient (Wildman–Crippen LogP) is 5.49. The van der Waals surface area contributed by atoms with Crippen molar-refractivity contribution >= 4 is 18.8 Å². The number of hydrogen-bond donors (Lipinski definition) is 0. The van der Waals surface area contributed by atoms with E-state index in [1.165, 1.54) is 51.8 Å². The number of unbranched alkanes of at least 4 members (excludes halogenated alkanes) is 3. The third-order valence-electron chi connectivity index (χ3n) is 3.29. The van der Waals surface area contributed by atoms with E-state index in [0.29, 0.717) is 0 Å². The molecule has 1 nitrogen and oxygen atoms in total. The second kappa shape index (κ2) is 10.5. The second-order valence-corrected chi connectivity index (χ2v) is 16.5. The van der Waals surface area contributed by atoms with Crippen molar-refractivity contribution in [2.45, 2.75) is 72.6 Å². The van der Waals surface area contributed by atoms with Gasteiger partial charge in [0, 0.05) is 0 Å². The Hall–Kier alpha value is 0.339. The van der Waals surface area contributed by atoms with Crippen LogP contribution in [0, 0.1) is 0 Å². The fraction of sp³-hybridized carbons (Fsp3) is 0.857. The summed E-state index contributed by atoms with van der Waals surface area (Å²) >= 11 is -2.28. The molecular weight excluding hydrogens is 303 g/mol. The Balaban J connectivity index is 4.37. The SMILES string of the molecule is C=C[O][Sn]([CH2]CCC)([CH2]CCC)[CH2]CCC. The van der Waals surface area contributed by atoms with Gasteiger partial charge in [0.1, 0.15) is 0 Å². The molecule has 0 rings (SSSR count). The first-order chi connectivity index (χ1) is 7.74. The average Bonchev–Trinajstić information content (AvgIpc) is 2.31. The van der Waals surface area contributed by atoms with Crippen molar-refractivity contribution in [1.29, 1.82) is 0 Å². The molecule has 0 N–H and O–H groups in total. The molecule has 2 heteroatoms. The molecule has 0 bridgehead atoms. The molecule has 0 saturated carbocycles. The molecule has 0 aliphatic rings. The molecule has 0 aromatic rings. The Kier molecular flexibility index (Phi) is 10.7. The van der Waals surface area contributed by atoms with Gasteiger partial charge in [0.05, 0.1) is 0 Å². The van der Waals surface area contributed by atoms with Crippen LogP contribution in [0.4, 0.5) is 0 Å². The third kappa shape index (κ3) is 6.82. The van der Waals surface area contributed by atoms with Gasteiger partial charge in [-0.05, 0) is 0 Å². The van der Waals surface area contributed by atoms with E-state index in [9.17, 15) is 0 Å². The van der Waals surface area contributed by atoms with Crippen LogP contribution in [0.1, 0.15) is 59.3 Å². The van der Waals surface area contributed by atoms with Crippen molar-refractivity contribution in [3.05, 3.63) is 12.8 Å². The molecule has 0 amide bonds. The molecule has 0 saturated heterocycles. The minimum absolute atomic E-state index is 1.30. The molecular formula is C14H30OSn. The maximum atomic E-state index is 6.11. The summed E-state index contributed by atoms with van der Waals surface area (Å²) in [4.78, 5) is 0. The molecule has 0 radical (unpaired) electrons. The summed E-state index contributed by atoms with van der Waals surface area (Å²) in [6.45, 7) is 10.6. The van der Waals surface area contributed by atoms with E-state index in [-0.39, 0.29) is 0 Å². The summed E-state index contributed by atoms with van der Waals surface area (Å²) in [5, 5.41) is 0. The molecule has 0 unspecified atom stereocenters. The minimum atomic E-state index is -2.28. The Morgan fingerprint density at radius 3 is 1.50 bits per heavy atom. The van der Waals surface area contributed by atoms with Gasteiger partial charge in [-0.2, -0.15) is 0 Å². The molecule has 0 aliphatic carbocycles. The van der Waals surface area contributed by atoms with E-state index in [2.05, 4.69) is 27.4 Å². The molecule has 0 aliphatic heterocycles. The Morgan fingerprint density at radius 1 is 0.875 bits per heavy atom. The van der Waals surface area contributed by atoms with Gasteiger partial charge < -0.3 is 0 Å². The maximum absolute atomic E-state index is 6.11. The van der Waals surface area contributed by atoms with Crippen molar-refractivity contribution in [2.24, 2.45) is 0 Å². The van der Waals surface area contributed by atoms with Crippen LogP contribution >= 0.6 is 0 Å². The molecule has 0 heterocycles. The average molecular weight is 333 g/mol. The van der Waals surface area contributed by atoms with Crippen LogP contribution in [0.15, 0.2) is 12.8 Å². The van der Waals surface area contributed by atoms with Gasteiger partial charge >= 0.3 is 107 Å². The zero-order valence-corrected chi connectivity index (χ0v) is 14.4. The molecule has 0 aromatic carbocycles. The molecule has 0 atom stereocenters. The zero-order valence-electron chi connectivity index (χ0n) is 11.6. The van der Waals surface area contributed by atoms with Crippen molar-refractivity contribution in [3.8, 4) is 0 Å². The first-order valence-corrected chi connectivity index (χ1v) is 14.2. The zero-order chi connectivity index (χ0) is 12.3. The standard InChI is InChI=1S/3C4H9.C2H4O.Sn/c3*1-3-4-2;1-2-3;/h3*1,3-4H2,2H3;2-3H,1H2;/q;;;;+1/p-1. The van der Waals surface area contributed by atoms with Crippen molar-refractivity contribution in [2.75, 3.05) is 0 Å². The Morgan fingerprint density at radius 2 is 1.25 bits per heavy atom. The van der Waals surface area contributed by atoms with Gasteiger partial charge in [0.2, 0.25) is 0 Å². The molecule has 96 valence electrons. The van der Waals surface area contributed by atoms with Gasteiger partial charge in [-0.15, -0.1) is 0 Å². The van der Waals surface area contributed by atoms with E-state index >= 15 is 0 Å². The monoisotopic (exact) mass is 334 g/mol. The summed E-state index contributed by atoms with van der Waals surface area (Å²) < 4.78 is 10.3. The van der Waals surface area contributed by atoms with Crippen molar-refractivity contribution in [1.82, 2.24) is 0 Å². The van der Waals surface area contributed by atoms with Crippen molar-refractivity contribution < 1.29 is 3.07 Å². The van der Waals surface area contributed by atoms with E-state index in [4.69, 9.17) is 3.07 Å². The quantitative estimate of drug-likeness (QED) is 0.359. The Bertz CT molecular complexity index is 146. The van der Waals surface area contributed by atoms with Crippen LogP contribution in [0.25, 0.3) is 0 Å². The molecule has 0 aromatic heterocycles. The number of hydrogen-bond acceptors (Lipinski definition) is 1.